The van der Waals surface area contributed by atoms with E-state index in [1.54, 1.807) is 0 Å². The van der Waals surface area contributed by atoms with Gasteiger partial charge < -0.3 is 0 Å². The van der Waals surface area contributed by atoms with Gasteiger partial charge in [-0.25, -0.2) is 0 Å². The molecule has 0 aromatic heterocycles. The summed E-state index contributed by atoms with van der Waals surface area (Å²) < 4.78 is 0.479. The van der Waals surface area contributed by atoms with E-state index in [9.17, 15) is 0 Å². The van der Waals surface area contributed by atoms with E-state index in [4.69, 9.17) is 0 Å². The molecule has 1 atom stereocenters. The van der Waals surface area contributed by atoms with Gasteiger partial charge >= 0.3 is 0 Å². The molecule has 10 heavy (non-hydrogen) atoms. The van der Waals surface area contributed by atoms with Crippen molar-refractivity contribution in [1.29, 1.82) is 0 Å². The summed E-state index contributed by atoms with van der Waals surface area (Å²) in [6.07, 6.45) is 1.37. The van der Waals surface area contributed by atoms with Gasteiger partial charge in [-0.15, -0.1) is 0 Å². The molecule has 0 amide bonds. The predicted octanol–water partition coefficient (Wildman–Crippen LogP) is 3.32. The summed E-state index contributed by atoms with van der Waals surface area (Å²) in [7, 11) is 0. The van der Waals surface area contributed by atoms with Gasteiger partial charge in [-0.1, -0.05) is 34.6 Å². The lowest BCUT2D eigenvalue weighted by atomic mass is 9.77. The monoisotopic (exact) mass is 158 g/mol. The normalized spacial score (nSPS) is 36.3. The van der Waals surface area contributed by atoms with Crippen LogP contribution in [0.5, 0.6) is 0 Å². The molecule has 1 aliphatic rings. The first-order chi connectivity index (χ1) is 4.35. The Labute approximate surface area is 68.8 Å². The first-order valence-electron chi connectivity index (χ1n) is 4.03. The maximum Gasteiger partial charge on any atom is 0.0157 e. The molecule has 0 nitrogen and oxygen atoms in total. The van der Waals surface area contributed by atoms with Gasteiger partial charge in [0.15, 0.2) is 0 Å². The minimum Gasteiger partial charge on any atom is -0.152 e. The highest BCUT2D eigenvalue weighted by atomic mass is 32.2. The Kier molecular flexibility index (Phi) is 1.83. The van der Waals surface area contributed by atoms with Gasteiger partial charge in [0.05, 0.1) is 0 Å². The second kappa shape index (κ2) is 2.17. The predicted molar refractivity (Wildman–Crippen MR) is 49.5 cm³/mol. The molecule has 0 aliphatic carbocycles. The second-order valence-electron chi connectivity index (χ2n) is 4.53. The summed E-state index contributed by atoms with van der Waals surface area (Å²) in [5, 5.41) is 0.852. The first kappa shape index (κ1) is 8.45. The molecule has 60 valence electrons. The SMILES string of the molecule is CC1CC(C)(C)C(C)(C)S1. The van der Waals surface area contributed by atoms with Gasteiger partial charge in [0.1, 0.15) is 0 Å². The van der Waals surface area contributed by atoms with Crippen LogP contribution in [0, 0.1) is 5.41 Å². The maximum absolute atomic E-state index is 2.38. The third-order valence-corrected chi connectivity index (χ3v) is 4.63. The second-order valence-corrected chi connectivity index (χ2v) is 6.59. The molecular weight excluding hydrogens is 140 g/mol. The molecule has 1 heteroatoms. The highest BCUT2D eigenvalue weighted by Crippen LogP contribution is 2.54. The summed E-state index contributed by atoms with van der Waals surface area (Å²) in [4.78, 5) is 0. The standard InChI is InChI=1S/C9H18S/c1-7-6-8(2,3)9(4,5)10-7/h7H,6H2,1-5H3. The maximum atomic E-state index is 2.38. The highest BCUT2D eigenvalue weighted by Gasteiger charge is 2.45. The first-order valence-corrected chi connectivity index (χ1v) is 4.91. The van der Waals surface area contributed by atoms with Gasteiger partial charge in [0, 0.05) is 10.00 Å². The third-order valence-electron chi connectivity index (χ3n) is 2.92. The Morgan fingerprint density at radius 1 is 1.20 bits per heavy atom. The molecular formula is C9H18S. The molecule has 0 N–H and O–H groups in total. The number of thioether (sulfide) groups is 1. The van der Waals surface area contributed by atoms with Crippen molar-refractivity contribution in [2.24, 2.45) is 5.41 Å². The van der Waals surface area contributed by atoms with Gasteiger partial charge in [-0.3, -0.25) is 0 Å². The van der Waals surface area contributed by atoms with Crippen LogP contribution < -0.4 is 0 Å². The minimum atomic E-state index is 0.479. The van der Waals surface area contributed by atoms with E-state index < -0.39 is 0 Å². The van der Waals surface area contributed by atoms with Crippen molar-refractivity contribution in [3.8, 4) is 0 Å². The Morgan fingerprint density at radius 3 is 1.80 bits per heavy atom. The fourth-order valence-corrected chi connectivity index (χ4v) is 3.58. The summed E-state index contributed by atoms with van der Waals surface area (Å²) in [5.74, 6) is 0. The molecule has 1 saturated heterocycles. The molecule has 1 aliphatic heterocycles. The van der Waals surface area contributed by atoms with Crippen molar-refractivity contribution in [3.05, 3.63) is 0 Å². The van der Waals surface area contributed by atoms with Crippen LogP contribution >= 0.6 is 11.8 Å². The summed E-state index contributed by atoms with van der Waals surface area (Å²) in [6.45, 7) is 11.8. The van der Waals surface area contributed by atoms with Crippen molar-refractivity contribution < 1.29 is 0 Å². The van der Waals surface area contributed by atoms with Crippen LogP contribution in [0.15, 0.2) is 0 Å². The third kappa shape index (κ3) is 1.20. The van der Waals surface area contributed by atoms with E-state index in [1.807, 2.05) is 0 Å². The topological polar surface area (TPSA) is 0 Å². The molecule has 0 spiro atoms. The molecule has 0 aromatic carbocycles. The Balaban J connectivity index is 2.78. The van der Waals surface area contributed by atoms with E-state index in [2.05, 4.69) is 46.4 Å². The molecule has 1 rings (SSSR count). The summed E-state index contributed by atoms with van der Waals surface area (Å²) >= 11 is 2.13. The van der Waals surface area contributed by atoms with Crippen molar-refractivity contribution >= 4 is 11.8 Å². The Bertz CT molecular complexity index is 120. The molecule has 0 bridgehead atoms. The molecule has 1 unspecified atom stereocenters. The summed E-state index contributed by atoms with van der Waals surface area (Å²) in [6, 6.07) is 0. The fraction of sp³-hybridized carbons (Fsp3) is 1.00. The van der Waals surface area contributed by atoms with Crippen LogP contribution in [0.2, 0.25) is 0 Å². The highest BCUT2D eigenvalue weighted by molar-refractivity contribution is 8.01. The fourth-order valence-electron chi connectivity index (χ4n) is 1.67. The largest absolute Gasteiger partial charge is 0.152 e. The molecule has 0 radical (unpaired) electrons. The van der Waals surface area contributed by atoms with E-state index in [-0.39, 0.29) is 0 Å². The number of hydrogen-bond acceptors (Lipinski definition) is 1. The zero-order chi connectivity index (χ0) is 7.99. The van der Waals surface area contributed by atoms with Gasteiger partial charge in [-0.2, -0.15) is 11.8 Å². The Morgan fingerprint density at radius 2 is 1.70 bits per heavy atom. The molecule has 1 heterocycles. The lowest BCUT2D eigenvalue weighted by Crippen LogP contribution is -2.30. The van der Waals surface area contributed by atoms with Crippen LogP contribution in [-0.4, -0.2) is 10.00 Å². The van der Waals surface area contributed by atoms with Gasteiger partial charge in [0.25, 0.3) is 0 Å². The van der Waals surface area contributed by atoms with Crippen molar-refractivity contribution in [1.82, 2.24) is 0 Å². The zero-order valence-corrected chi connectivity index (χ0v) is 8.51. The summed E-state index contributed by atoms with van der Waals surface area (Å²) in [5.41, 5.74) is 0.525. The molecule has 0 saturated carbocycles. The van der Waals surface area contributed by atoms with Crippen LogP contribution in [-0.2, 0) is 0 Å². The lowest BCUT2D eigenvalue weighted by Gasteiger charge is -2.33. The van der Waals surface area contributed by atoms with E-state index >= 15 is 0 Å². The average molecular weight is 158 g/mol. The van der Waals surface area contributed by atoms with Gasteiger partial charge in [-0.05, 0) is 11.8 Å². The number of rotatable bonds is 0. The smallest absolute Gasteiger partial charge is 0.0157 e. The molecule has 1 fully saturated rings. The van der Waals surface area contributed by atoms with Crippen LogP contribution in [0.25, 0.3) is 0 Å². The van der Waals surface area contributed by atoms with Gasteiger partial charge in [0.2, 0.25) is 0 Å². The number of hydrogen-bond donors (Lipinski definition) is 0. The van der Waals surface area contributed by atoms with E-state index in [1.165, 1.54) is 6.42 Å². The van der Waals surface area contributed by atoms with Crippen molar-refractivity contribution in [2.75, 3.05) is 0 Å². The van der Waals surface area contributed by atoms with Crippen molar-refractivity contribution in [2.45, 2.75) is 51.0 Å². The Hall–Kier alpha value is 0.350. The molecule has 0 aromatic rings. The minimum absolute atomic E-state index is 0.479. The van der Waals surface area contributed by atoms with Crippen LogP contribution in [0.4, 0.5) is 0 Å². The van der Waals surface area contributed by atoms with E-state index in [0.29, 0.717) is 10.2 Å². The quantitative estimate of drug-likeness (QED) is 0.521. The average Bonchev–Trinajstić information content (AvgIpc) is 1.73. The van der Waals surface area contributed by atoms with Crippen LogP contribution in [0.1, 0.15) is 41.0 Å². The van der Waals surface area contributed by atoms with E-state index in [0.717, 1.165) is 5.25 Å². The van der Waals surface area contributed by atoms with Crippen molar-refractivity contribution in [3.63, 3.8) is 0 Å². The lowest BCUT2D eigenvalue weighted by molar-refractivity contribution is 0.284. The zero-order valence-electron chi connectivity index (χ0n) is 7.69. The van der Waals surface area contributed by atoms with Crippen LogP contribution in [0.3, 0.4) is 0 Å².